The van der Waals surface area contributed by atoms with Gasteiger partial charge in [0.1, 0.15) is 37.1 Å². The third-order valence-corrected chi connectivity index (χ3v) is 14.5. The van der Waals surface area contributed by atoms with Gasteiger partial charge in [0, 0.05) is 51.3 Å². The number of ether oxygens (including phenoxy) is 11. The zero-order chi connectivity index (χ0) is 56.8. The van der Waals surface area contributed by atoms with Crippen LogP contribution < -0.4 is 51.1 Å². The standard InChI is InChI=1S/C53H69N7O19/c1-25(2)41(54)48(64)58-33(9-8-14-56-51(55)66)47(63)57-29-12-10-27(11-13-29)21-73-52(67)59(4)15-16-60(5)53(68)79-45-36(69-6)17-28(18-37(45)70-7)39-30-19-34-35(75-24-74-34)20-31(30)44(32-22-72-49(65)40(32)39)78-50-43(62)42(61)46-38(77-50)23-71-26(3)76-46/h10-13,17-20,25-26,32-33,38-44,46,50,61-62H,8-9,14-16,21-24,54H2,1-7H3,(H,57,63)(H,58,64)(H3,55,56,66)/t26-,32?,33+,38?,39-,40?,41+,42-,43-,44-,46?,50+/m1/s1. The zero-order valence-electron chi connectivity index (χ0n) is 44.9. The molecule has 9 N–H and O–H groups in total. The summed E-state index contributed by atoms with van der Waals surface area (Å²) in [5.41, 5.74) is 13.9. The fraction of sp³-hybridized carbons (Fsp3) is 0.547. The minimum Gasteiger partial charge on any atom is -0.493 e. The van der Waals surface area contributed by atoms with E-state index < -0.39 is 109 Å². The summed E-state index contributed by atoms with van der Waals surface area (Å²) < 4.78 is 64.4. The van der Waals surface area contributed by atoms with Gasteiger partial charge in [-0.2, -0.15) is 0 Å². The lowest BCUT2D eigenvalue weighted by atomic mass is 9.66. The molecule has 0 spiro atoms. The van der Waals surface area contributed by atoms with Crippen molar-refractivity contribution in [1.29, 1.82) is 0 Å². The van der Waals surface area contributed by atoms with E-state index in [0.29, 0.717) is 45.9 Å². The van der Waals surface area contributed by atoms with Gasteiger partial charge in [0.05, 0.1) is 45.5 Å². The Bertz CT molecular complexity index is 2690. The highest BCUT2D eigenvalue weighted by atomic mass is 16.8. The number of nitrogens with zero attached hydrogens (tertiary/aromatic N) is 2. The Kier molecular flexibility index (Phi) is 18.6. The molecule has 3 aromatic rings. The van der Waals surface area contributed by atoms with Crippen LogP contribution in [0.2, 0.25) is 0 Å². The number of anilines is 1. The number of benzene rings is 3. The Balaban J connectivity index is 0.893. The molecule has 4 aliphatic heterocycles. The predicted molar refractivity (Wildman–Crippen MR) is 275 cm³/mol. The van der Waals surface area contributed by atoms with Crippen LogP contribution in [0.25, 0.3) is 0 Å². The molecule has 3 aromatic carbocycles. The molecule has 5 aliphatic rings. The van der Waals surface area contributed by atoms with Crippen molar-refractivity contribution >= 4 is 41.7 Å². The number of hydrogen-bond acceptors (Lipinski definition) is 20. The van der Waals surface area contributed by atoms with Gasteiger partial charge >= 0.3 is 24.2 Å². The molecule has 26 nitrogen and oxygen atoms in total. The number of urea groups is 1. The minimum absolute atomic E-state index is 0.0152. The maximum absolute atomic E-state index is 13.9. The normalized spacial score (nSPS) is 25.3. The number of fused-ring (bicyclic) bond motifs is 4. The number of nitrogens with two attached hydrogens (primary N) is 2. The first kappa shape index (κ1) is 58.0. The van der Waals surface area contributed by atoms with Gasteiger partial charge in [-0.05, 0) is 84.3 Å². The number of hydrogen-bond donors (Lipinski definition) is 7. The van der Waals surface area contributed by atoms with Crippen molar-refractivity contribution in [3.63, 3.8) is 0 Å². The highest BCUT2D eigenvalue weighted by molar-refractivity contribution is 5.98. The second kappa shape index (κ2) is 25.3. The average Bonchev–Trinajstić information content (AvgIpc) is 4.32. The SMILES string of the molecule is COc1cc([C@@H]2c3cc4c(cc3[C@@H](O[C@@H]3OC5CO[C@@H](C)OC5[C@H](O)[C@H]3O)C3COC(=O)C32)OCO4)cc(OC)c1OC(=O)N(C)CCN(C)C(=O)OCc1ccc(NC(=O)[C@H](CCCNC(N)=O)NC(=O)[C@@H](N)C(C)C)cc1. The van der Waals surface area contributed by atoms with Gasteiger partial charge in [-0.1, -0.05) is 26.0 Å². The smallest absolute Gasteiger partial charge is 0.415 e. The second-order valence-corrected chi connectivity index (χ2v) is 20.2. The summed E-state index contributed by atoms with van der Waals surface area (Å²) in [6.45, 7) is 5.37. The van der Waals surface area contributed by atoms with Crippen LogP contribution in [-0.4, -0.2) is 173 Å². The fourth-order valence-corrected chi connectivity index (χ4v) is 10.00. The lowest BCUT2D eigenvalue weighted by Gasteiger charge is -2.47. The molecule has 1 aliphatic carbocycles. The Hall–Kier alpha value is -7.20. The van der Waals surface area contributed by atoms with Crippen molar-refractivity contribution in [3.05, 3.63) is 70.8 Å². The van der Waals surface area contributed by atoms with Crippen molar-refractivity contribution in [3.8, 4) is 28.7 Å². The molecule has 3 fully saturated rings. The van der Waals surface area contributed by atoms with E-state index in [-0.39, 0.29) is 75.8 Å². The Morgan fingerprint density at radius 1 is 0.848 bits per heavy atom. The van der Waals surface area contributed by atoms with Gasteiger partial charge < -0.3 is 99.5 Å². The van der Waals surface area contributed by atoms with Crippen LogP contribution in [0.15, 0.2) is 48.5 Å². The molecule has 4 heterocycles. The first-order valence-corrected chi connectivity index (χ1v) is 25.9. The first-order chi connectivity index (χ1) is 37.8. The lowest BCUT2D eigenvalue weighted by molar-refractivity contribution is -0.364. The average molecular weight is 1110 g/mol. The topological polar surface area (TPSA) is 339 Å². The van der Waals surface area contributed by atoms with E-state index in [1.807, 2.05) is 0 Å². The molecule has 0 aromatic heterocycles. The van der Waals surface area contributed by atoms with Crippen molar-refractivity contribution in [1.82, 2.24) is 20.4 Å². The highest BCUT2D eigenvalue weighted by Crippen LogP contribution is 2.57. The van der Waals surface area contributed by atoms with Crippen molar-refractivity contribution in [2.24, 2.45) is 29.2 Å². The number of primary amides is 1. The third kappa shape index (κ3) is 13.1. The first-order valence-electron chi connectivity index (χ1n) is 25.9. The van der Waals surface area contributed by atoms with E-state index >= 15 is 0 Å². The van der Waals surface area contributed by atoms with E-state index in [1.165, 1.54) is 38.1 Å². The number of likely N-dealkylation sites (N-methyl/N-ethyl adjacent to an activating group) is 2. The number of nitrogens with one attached hydrogen (secondary N) is 3. The van der Waals surface area contributed by atoms with E-state index in [0.717, 1.165) is 0 Å². The number of esters is 1. The molecule has 8 rings (SSSR count). The monoisotopic (exact) mass is 1110 g/mol. The number of methoxy groups -OCH3 is 2. The Morgan fingerprint density at radius 2 is 1.51 bits per heavy atom. The molecule has 430 valence electrons. The van der Waals surface area contributed by atoms with Crippen molar-refractivity contribution in [2.45, 2.75) is 101 Å². The van der Waals surface area contributed by atoms with Gasteiger partial charge in [0.15, 0.2) is 35.6 Å². The largest absolute Gasteiger partial charge is 0.493 e. The number of amides is 6. The molecule has 0 radical (unpaired) electrons. The molecule has 26 heteroatoms. The molecule has 3 saturated heterocycles. The number of aliphatic hydroxyl groups excluding tert-OH is 2. The van der Waals surface area contributed by atoms with Gasteiger partial charge in [0.25, 0.3) is 0 Å². The Labute approximate surface area is 455 Å². The van der Waals surface area contributed by atoms with Crippen molar-refractivity contribution < 1.29 is 91.1 Å². The molecular formula is C53H69N7O19. The van der Waals surface area contributed by atoms with Gasteiger partial charge in [-0.25, -0.2) is 14.4 Å². The second-order valence-electron chi connectivity index (χ2n) is 20.2. The summed E-state index contributed by atoms with van der Waals surface area (Å²) in [7, 11) is 5.75. The summed E-state index contributed by atoms with van der Waals surface area (Å²) in [6, 6.07) is 10.8. The molecule has 4 unspecified atom stereocenters. The van der Waals surface area contributed by atoms with Crippen LogP contribution in [0.4, 0.5) is 20.1 Å². The molecule has 0 bridgehead atoms. The summed E-state index contributed by atoms with van der Waals surface area (Å²) in [5, 5.41) is 30.4. The quantitative estimate of drug-likeness (QED) is 0.0630. The zero-order valence-corrected chi connectivity index (χ0v) is 44.9. The number of carbonyl (C=O) groups excluding carboxylic acids is 6. The fourth-order valence-electron chi connectivity index (χ4n) is 10.00. The maximum Gasteiger partial charge on any atom is 0.415 e. The van der Waals surface area contributed by atoms with E-state index in [9.17, 15) is 39.0 Å². The van der Waals surface area contributed by atoms with E-state index in [1.54, 1.807) is 69.3 Å². The van der Waals surface area contributed by atoms with Crippen LogP contribution in [0, 0.1) is 17.8 Å². The van der Waals surface area contributed by atoms with Gasteiger partial charge in [-0.15, -0.1) is 0 Å². The van der Waals surface area contributed by atoms with Gasteiger partial charge in [-0.3, -0.25) is 14.4 Å². The van der Waals surface area contributed by atoms with Crippen LogP contribution in [0.1, 0.15) is 67.9 Å². The minimum atomic E-state index is -1.52. The van der Waals surface area contributed by atoms with Gasteiger partial charge in [0.2, 0.25) is 24.4 Å². The maximum atomic E-state index is 13.9. The number of aliphatic hydroxyl groups is 2. The molecule has 12 atom stereocenters. The summed E-state index contributed by atoms with van der Waals surface area (Å²) in [4.78, 5) is 80.3. The Morgan fingerprint density at radius 3 is 2.15 bits per heavy atom. The molecule has 6 amide bonds. The third-order valence-electron chi connectivity index (χ3n) is 14.5. The summed E-state index contributed by atoms with van der Waals surface area (Å²) in [6.07, 6.45) is -8.35. The molecule has 0 saturated carbocycles. The lowest BCUT2D eigenvalue weighted by Crippen LogP contribution is -2.63. The molecular weight excluding hydrogens is 1040 g/mol. The van der Waals surface area contributed by atoms with Crippen LogP contribution in [0.5, 0.6) is 28.7 Å². The van der Waals surface area contributed by atoms with E-state index in [2.05, 4.69) is 16.0 Å². The molecule has 79 heavy (non-hydrogen) atoms. The highest BCUT2D eigenvalue weighted by Gasteiger charge is 2.56. The van der Waals surface area contributed by atoms with E-state index in [4.69, 9.17) is 63.6 Å². The summed E-state index contributed by atoms with van der Waals surface area (Å²) >= 11 is 0. The van der Waals surface area contributed by atoms with Crippen LogP contribution >= 0.6 is 0 Å². The number of rotatable bonds is 20. The van der Waals surface area contributed by atoms with Crippen molar-refractivity contribution in [2.75, 3.05) is 73.3 Å². The summed E-state index contributed by atoms with van der Waals surface area (Å²) in [5.74, 6) is -2.96. The number of cyclic esters (lactones) is 1. The van der Waals surface area contributed by atoms with Crippen LogP contribution in [0.3, 0.4) is 0 Å². The predicted octanol–water partition coefficient (Wildman–Crippen LogP) is 2.19. The number of carbonyl (C=O) groups is 6. The van der Waals surface area contributed by atoms with Crippen LogP contribution in [-0.2, 0) is 49.4 Å².